The van der Waals surface area contributed by atoms with Crippen LogP contribution in [0.2, 0.25) is 0 Å². The van der Waals surface area contributed by atoms with Crippen LogP contribution in [0.15, 0.2) is 0 Å². The summed E-state index contributed by atoms with van der Waals surface area (Å²) >= 11 is 0. The Morgan fingerprint density at radius 3 is 2.03 bits per heavy atom. The first kappa shape index (κ1) is 29.2. The Morgan fingerprint density at radius 1 is 0.914 bits per heavy atom. The quantitative estimate of drug-likeness (QED) is 0.0819. The summed E-state index contributed by atoms with van der Waals surface area (Å²) in [5.74, 6) is -3.29. The van der Waals surface area contributed by atoms with E-state index in [1.165, 1.54) is 0 Å². The predicted octanol–water partition coefficient (Wildman–Crippen LogP) is -7.15. The number of ether oxygens (including phenoxy) is 4. The van der Waals surface area contributed by atoms with Gasteiger partial charge in [0.2, 0.25) is 6.10 Å². The van der Waals surface area contributed by atoms with Crippen molar-refractivity contribution in [2.75, 3.05) is 6.61 Å². The van der Waals surface area contributed by atoms with Crippen LogP contribution >= 0.6 is 0 Å². The number of aliphatic hydroxyl groups is 9. The lowest BCUT2D eigenvalue weighted by atomic mass is 9.82. The summed E-state index contributed by atoms with van der Waals surface area (Å²) in [6.07, 6.45) is -24.0. The Kier molecular flexibility index (Phi) is 9.81. The standard InChI is InChI=1S/C17H26O18/c1-4(20)12(26)34-35-15(29)11(30-3-19)17(2-18)10(6(22)8(24)14(28)33-17)31-16-9(25)5(21)7(23)13(27)32-16/h3-11,13-14,16,18,20-25,27-28H,2H2,1H3/t4?,5-,6-,7-,8+,9+,10-,11?,13-,14+,16+,17+/m0/s1. The molecule has 0 spiro atoms. The summed E-state index contributed by atoms with van der Waals surface area (Å²) in [5, 5.41) is 89.0. The van der Waals surface area contributed by atoms with Gasteiger partial charge in [-0.25, -0.2) is 19.4 Å². The largest absolute Gasteiger partial charge is 0.449 e. The van der Waals surface area contributed by atoms with Crippen LogP contribution in [0, 0.1) is 0 Å². The highest BCUT2D eigenvalue weighted by atomic mass is 17.2. The molecule has 0 aromatic carbocycles. The fourth-order valence-corrected chi connectivity index (χ4v) is 3.32. The van der Waals surface area contributed by atoms with E-state index < -0.39 is 91.8 Å². The lowest BCUT2D eigenvalue weighted by Gasteiger charge is -2.51. The van der Waals surface area contributed by atoms with Gasteiger partial charge in [0.25, 0.3) is 6.47 Å². The van der Waals surface area contributed by atoms with E-state index in [1.807, 2.05) is 0 Å². The van der Waals surface area contributed by atoms with Crippen molar-refractivity contribution in [2.24, 2.45) is 0 Å². The van der Waals surface area contributed by atoms with Crippen molar-refractivity contribution in [3.63, 3.8) is 0 Å². The van der Waals surface area contributed by atoms with Crippen LogP contribution in [0.4, 0.5) is 0 Å². The normalized spacial score (nSPS) is 41.4. The monoisotopic (exact) mass is 518 g/mol. The summed E-state index contributed by atoms with van der Waals surface area (Å²) < 4.78 is 19.6. The first-order chi connectivity index (χ1) is 16.3. The molecule has 9 N–H and O–H groups in total. The molecule has 2 saturated heterocycles. The van der Waals surface area contributed by atoms with Crippen molar-refractivity contribution >= 4 is 18.4 Å². The Balaban J connectivity index is 2.44. The molecule has 0 saturated carbocycles. The molecule has 0 bridgehead atoms. The highest BCUT2D eigenvalue weighted by Crippen LogP contribution is 2.38. The Hall–Kier alpha value is -2.07. The van der Waals surface area contributed by atoms with E-state index in [2.05, 4.69) is 14.5 Å². The average molecular weight is 518 g/mol. The van der Waals surface area contributed by atoms with E-state index in [0.29, 0.717) is 0 Å². The third kappa shape index (κ3) is 5.85. The molecule has 2 rings (SSSR count). The van der Waals surface area contributed by atoms with Gasteiger partial charge in [-0.1, -0.05) is 0 Å². The fraction of sp³-hybridized carbons (Fsp3) is 0.824. The number of carbonyl (C=O) groups excluding carboxylic acids is 3. The number of hydrogen-bond acceptors (Lipinski definition) is 18. The summed E-state index contributed by atoms with van der Waals surface area (Å²) in [4.78, 5) is 43.2. The van der Waals surface area contributed by atoms with Crippen LogP contribution in [0.3, 0.4) is 0 Å². The first-order valence-electron chi connectivity index (χ1n) is 9.87. The van der Waals surface area contributed by atoms with E-state index in [9.17, 15) is 55.2 Å². The molecule has 0 aromatic rings. The molecular formula is C17H26O18. The number of rotatable bonds is 8. The molecule has 2 heterocycles. The molecular weight excluding hydrogens is 492 g/mol. The Labute approximate surface area is 195 Å². The number of aliphatic hydroxyl groups excluding tert-OH is 9. The molecule has 0 aliphatic carbocycles. The minimum Gasteiger partial charge on any atom is -0.449 e. The third-order valence-corrected chi connectivity index (χ3v) is 5.24. The lowest BCUT2D eigenvalue weighted by molar-refractivity contribution is -0.400. The van der Waals surface area contributed by atoms with Gasteiger partial charge in [-0.15, -0.1) is 0 Å². The maximum Gasteiger partial charge on any atom is 0.398 e. The molecule has 2 fully saturated rings. The second kappa shape index (κ2) is 11.8. The van der Waals surface area contributed by atoms with Crippen LogP contribution in [0.1, 0.15) is 6.92 Å². The molecule has 0 radical (unpaired) electrons. The van der Waals surface area contributed by atoms with E-state index in [1.54, 1.807) is 0 Å². The highest BCUT2D eigenvalue weighted by Gasteiger charge is 2.64. The van der Waals surface area contributed by atoms with E-state index in [-0.39, 0.29) is 6.47 Å². The summed E-state index contributed by atoms with van der Waals surface area (Å²) in [7, 11) is 0. The van der Waals surface area contributed by atoms with Crippen LogP contribution < -0.4 is 0 Å². The molecule has 18 nitrogen and oxygen atoms in total. The van der Waals surface area contributed by atoms with Crippen molar-refractivity contribution < 1.29 is 89.1 Å². The van der Waals surface area contributed by atoms with Gasteiger partial charge in [-0.2, -0.15) is 0 Å². The maximum atomic E-state index is 12.5. The molecule has 18 heteroatoms. The molecule has 2 aliphatic rings. The second-order valence-corrected chi connectivity index (χ2v) is 7.62. The summed E-state index contributed by atoms with van der Waals surface area (Å²) in [6, 6.07) is 0. The van der Waals surface area contributed by atoms with Crippen molar-refractivity contribution in [1.82, 2.24) is 0 Å². The van der Waals surface area contributed by atoms with Crippen molar-refractivity contribution in [1.29, 1.82) is 0 Å². The predicted molar refractivity (Wildman–Crippen MR) is 97.5 cm³/mol. The van der Waals surface area contributed by atoms with Gasteiger partial charge in [-0.05, 0) is 6.92 Å². The zero-order chi connectivity index (χ0) is 26.7. The van der Waals surface area contributed by atoms with E-state index in [4.69, 9.17) is 19.3 Å². The van der Waals surface area contributed by atoms with E-state index in [0.717, 1.165) is 6.92 Å². The van der Waals surface area contributed by atoms with Gasteiger partial charge in [0, 0.05) is 0 Å². The number of carbonyl (C=O) groups is 3. The van der Waals surface area contributed by atoms with Gasteiger partial charge < -0.3 is 64.9 Å². The molecule has 2 unspecified atom stereocenters. The SMILES string of the molecule is CC(O)C(=O)OOC(=O)C(OC=O)[C@]1(CO)O[C@@H](O)[C@H](O)[C@H](O)[C@@H]1O[C@@H]1O[C@H](O)[C@@H](O)[C@H](O)[C@H]1O. The smallest absolute Gasteiger partial charge is 0.398 e. The van der Waals surface area contributed by atoms with Gasteiger partial charge in [0.15, 0.2) is 30.6 Å². The van der Waals surface area contributed by atoms with Crippen molar-refractivity contribution in [2.45, 2.75) is 80.2 Å². The maximum absolute atomic E-state index is 12.5. The number of hydrogen-bond donors (Lipinski definition) is 9. The van der Waals surface area contributed by atoms with Crippen LogP contribution in [0.25, 0.3) is 0 Å². The Bertz CT molecular complexity index is 747. The average Bonchev–Trinajstić information content (AvgIpc) is 2.82. The topological polar surface area (TPSA) is 289 Å². The molecule has 12 atom stereocenters. The van der Waals surface area contributed by atoms with Gasteiger partial charge in [-0.3, -0.25) is 4.79 Å². The third-order valence-electron chi connectivity index (χ3n) is 5.24. The zero-order valence-corrected chi connectivity index (χ0v) is 17.8. The van der Waals surface area contributed by atoms with Crippen molar-refractivity contribution in [3.8, 4) is 0 Å². The van der Waals surface area contributed by atoms with Crippen molar-refractivity contribution in [3.05, 3.63) is 0 Å². The second-order valence-electron chi connectivity index (χ2n) is 7.62. The molecule has 35 heavy (non-hydrogen) atoms. The van der Waals surface area contributed by atoms with Crippen LogP contribution in [-0.2, 0) is 43.1 Å². The first-order valence-corrected chi connectivity index (χ1v) is 9.87. The van der Waals surface area contributed by atoms with E-state index >= 15 is 0 Å². The molecule has 202 valence electrons. The fourth-order valence-electron chi connectivity index (χ4n) is 3.32. The minimum atomic E-state index is -2.89. The van der Waals surface area contributed by atoms with Gasteiger partial charge in [0.05, 0.1) is 6.61 Å². The van der Waals surface area contributed by atoms with Gasteiger partial charge in [0.1, 0.15) is 36.6 Å². The molecule has 0 amide bonds. The molecule has 0 aromatic heterocycles. The van der Waals surface area contributed by atoms with Crippen LogP contribution in [-0.4, -0.2) is 144 Å². The van der Waals surface area contributed by atoms with Gasteiger partial charge >= 0.3 is 11.9 Å². The summed E-state index contributed by atoms with van der Waals surface area (Å²) in [6.45, 7) is -0.894. The zero-order valence-electron chi connectivity index (χ0n) is 17.8. The lowest BCUT2D eigenvalue weighted by Crippen LogP contribution is -2.74. The summed E-state index contributed by atoms with van der Waals surface area (Å²) in [5.41, 5.74) is -2.89. The molecule has 2 aliphatic heterocycles. The van der Waals surface area contributed by atoms with Crippen LogP contribution in [0.5, 0.6) is 0 Å². The Morgan fingerprint density at radius 2 is 1.49 bits per heavy atom. The highest BCUT2D eigenvalue weighted by molar-refractivity contribution is 5.79. The minimum absolute atomic E-state index is 0.375.